The normalized spacial score (nSPS) is 15.6. The van der Waals surface area contributed by atoms with E-state index in [1.54, 1.807) is 25.3 Å². The summed E-state index contributed by atoms with van der Waals surface area (Å²) in [5, 5.41) is 3.00. The van der Waals surface area contributed by atoms with Gasteiger partial charge in [0.05, 0.1) is 24.2 Å². The molecular formula is C22H24F2N4O2. The number of methoxy groups -OCH3 is 1. The van der Waals surface area contributed by atoms with Crippen molar-refractivity contribution >= 4 is 16.9 Å². The highest BCUT2D eigenvalue weighted by atomic mass is 19.3. The Balaban J connectivity index is 1.53. The molecule has 0 bridgehead atoms. The summed E-state index contributed by atoms with van der Waals surface area (Å²) in [5.41, 5.74) is 2.25. The molecule has 1 saturated heterocycles. The van der Waals surface area contributed by atoms with Crippen molar-refractivity contribution in [2.24, 2.45) is 0 Å². The number of carbonyl (C=O) groups is 1. The Hall–Kier alpha value is -3.00. The standard InChI is InChI=1S/C22H24F2N4O2/c1-30-19-7-3-2-6-15(19)18(28-10-4-5-11-28)13-25-22(29)14-8-9-16-17(12-14)27-21(26-16)20(23)24/h2-3,6-9,12,18,20H,4-5,10-11,13H2,1H3,(H,25,29)(H,26,27). The molecule has 1 unspecified atom stereocenters. The molecule has 0 spiro atoms. The number of hydrogen-bond acceptors (Lipinski definition) is 4. The van der Waals surface area contributed by atoms with Crippen LogP contribution in [0.4, 0.5) is 8.78 Å². The molecule has 6 nitrogen and oxygen atoms in total. The number of halogens is 2. The first-order valence-corrected chi connectivity index (χ1v) is 10.00. The number of nitrogens with zero attached hydrogens (tertiary/aromatic N) is 2. The van der Waals surface area contributed by atoms with E-state index in [2.05, 4.69) is 20.2 Å². The fourth-order valence-corrected chi connectivity index (χ4v) is 4.00. The fraction of sp³-hybridized carbons (Fsp3) is 0.364. The zero-order valence-electron chi connectivity index (χ0n) is 16.7. The Morgan fingerprint density at radius 1 is 1.23 bits per heavy atom. The van der Waals surface area contributed by atoms with Crippen molar-refractivity contribution in [3.05, 3.63) is 59.4 Å². The molecule has 0 aliphatic carbocycles. The quantitative estimate of drug-likeness (QED) is 0.611. The van der Waals surface area contributed by atoms with E-state index in [9.17, 15) is 13.6 Å². The van der Waals surface area contributed by atoms with E-state index in [-0.39, 0.29) is 11.9 Å². The summed E-state index contributed by atoms with van der Waals surface area (Å²) in [4.78, 5) is 21.6. The van der Waals surface area contributed by atoms with E-state index >= 15 is 0 Å². The minimum absolute atomic E-state index is 0.00563. The lowest BCUT2D eigenvalue weighted by atomic mass is 10.0. The predicted molar refractivity (Wildman–Crippen MR) is 110 cm³/mol. The summed E-state index contributed by atoms with van der Waals surface area (Å²) in [6.07, 6.45) is -0.428. The van der Waals surface area contributed by atoms with E-state index in [0.29, 0.717) is 23.1 Å². The number of hydrogen-bond donors (Lipinski definition) is 2. The van der Waals surface area contributed by atoms with Crippen LogP contribution in [0.25, 0.3) is 11.0 Å². The van der Waals surface area contributed by atoms with Crippen molar-refractivity contribution in [3.8, 4) is 5.75 Å². The minimum Gasteiger partial charge on any atom is -0.496 e. The summed E-state index contributed by atoms with van der Waals surface area (Å²) in [7, 11) is 1.64. The van der Waals surface area contributed by atoms with Crippen LogP contribution in [0.5, 0.6) is 5.75 Å². The number of para-hydroxylation sites is 1. The van der Waals surface area contributed by atoms with E-state index in [0.717, 1.165) is 37.2 Å². The van der Waals surface area contributed by atoms with Crippen molar-refractivity contribution in [1.29, 1.82) is 0 Å². The fourth-order valence-electron chi connectivity index (χ4n) is 4.00. The molecule has 0 saturated carbocycles. The highest BCUT2D eigenvalue weighted by molar-refractivity contribution is 5.97. The van der Waals surface area contributed by atoms with Crippen molar-refractivity contribution in [2.75, 3.05) is 26.7 Å². The number of likely N-dealkylation sites (tertiary alicyclic amines) is 1. The molecule has 1 aliphatic rings. The number of carbonyl (C=O) groups excluding carboxylic acids is 1. The summed E-state index contributed by atoms with van der Waals surface area (Å²) in [6.45, 7) is 2.35. The van der Waals surface area contributed by atoms with Crippen molar-refractivity contribution < 1.29 is 18.3 Å². The third-order valence-corrected chi connectivity index (χ3v) is 5.50. The minimum atomic E-state index is -2.68. The molecule has 2 heterocycles. The van der Waals surface area contributed by atoms with Gasteiger partial charge in [-0.3, -0.25) is 9.69 Å². The number of alkyl halides is 2. The number of aromatic nitrogens is 2. The van der Waals surface area contributed by atoms with Gasteiger partial charge in [-0.05, 0) is 50.2 Å². The van der Waals surface area contributed by atoms with Crippen LogP contribution in [0, 0.1) is 0 Å². The van der Waals surface area contributed by atoms with Gasteiger partial charge >= 0.3 is 0 Å². The number of aromatic amines is 1. The molecule has 1 aliphatic heterocycles. The smallest absolute Gasteiger partial charge is 0.295 e. The molecular weight excluding hydrogens is 390 g/mol. The maximum Gasteiger partial charge on any atom is 0.295 e. The van der Waals surface area contributed by atoms with Crippen LogP contribution >= 0.6 is 0 Å². The molecule has 30 heavy (non-hydrogen) atoms. The first-order chi connectivity index (χ1) is 14.6. The van der Waals surface area contributed by atoms with Gasteiger partial charge in [-0.25, -0.2) is 13.8 Å². The number of imidazole rings is 1. The second-order valence-electron chi connectivity index (χ2n) is 7.37. The first-order valence-electron chi connectivity index (χ1n) is 10.00. The van der Waals surface area contributed by atoms with Crippen LogP contribution in [-0.2, 0) is 0 Å². The van der Waals surface area contributed by atoms with Gasteiger partial charge in [0.1, 0.15) is 5.75 Å². The third kappa shape index (κ3) is 4.14. The van der Waals surface area contributed by atoms with Crippen LogP contribution < -0.4 is 10.1 Å². The van der Waals surface area contributed by atoms with Crippen molar-refractivity contribution in [2.45, 2.75) is 25.3 Å². The lowest BCUT2D eigenvalue weighted by molar-refractivity contribution is 0.0937. The van der Waals surface area contributed by atoms with Gasteiger partial charge in [0.25, 0.3) is 12.3 Å². The lowest BCUT2D eigenvalue weighted by Gasteiger charge is -2.29. The number of H-pyrrole nitrogens is 1. The zero-order valence-corrected chi connectivity index (χ0v) is 16.7. The number of ether oxygens (including phenoxy) is 1. The summed E-state index contributed by atoms with van der Waals surface area (Å²) in [5.74, 6) is 0.138. The summed E-state index contributed by atoms with van der Waals surface area (Å²) >= 11 is 0. The average Bonchev–Trinajstić information content (AvgIpc) is 3.43. The third-order valence-electron chi connectivity index (χ3n) is 5.50. The predicted octanol–water partition coefficient (Wildman–Crippen LogP) is 4.08. The van der Waals surface area contributed by atoms with Crippen LogP contribution in [0.2, 0.25) is 0 Å². The van der Waals surface area contributed by atoms with Crippen molar-refractivity contribution in [1.82, 2.24) is 20.2 Å². The Morgan fingerprint density at radius 3 is 2.73 bits per heavy atom. The Kier molecular flexibility index (Phi) is 5.94. The van der Waals surface area contributed by atoms with Crippen molar-refractivity contribution in [3.63, 3.8) is 0 Å². The first kappa shape index (κ1) is 20.3. The van der Waals surface area contributed by atoms with Crippen LogP contribution in [0.3, 0.4) is 0 Å². The Morgan fingerprint density at radius 2 is 2.00 bits per heavy atom. The topological polar surface area (TPSA) is 70.2 Å². The lowest BCUT2D eigenvalue weighted by Crippen LogP contribution is -2.37. The van der Waals surface area contributed by atoms with E-state index in [1.807, 2.05) is 24.3 Å². The average molecular weight is 414 g/mol. The van der Waals surface area contributed by atoms with E-state index in [1.165, 1.54) is 0 Å². The molecule has 2 aromatic carbocycles. The monoisotopic (exact) mass is 414 g/mol. The largest absolute Gasteiger partial charge is 0.496 e. The molecule has 1 aromatic heterocycles. The van der Waals surface area contributed by atoms with Crippen LogP contribution in [0.1, 0.15) is 47.1 Å². The van der Waals surface area contributed by atoms with Gasteiger partial charge < -0.3 is 15.0 Å². The van der Waals surface area contributed by atoms with E-state index in [4.69, 9.17) is 4.74 Å². The number of amides is 1. The maximum absolute atomic E-state index is 12.9. The molecule has 0 radical (unpaired) electrons. The molecule has 1 fully saturated rings. The molecule has 4 rings (SSSR count). The SMILES string of the molecule is COc1ccccc1C(CNC(=O)c1ccc2nc(C(F)F)[nH]c2c1)N1CCCC1. The van der Waals surface area contributed by atoms with Gasteiger partial charge in [0.2, 0.25) is 0 Å². The number of nitrogens with one attached hydrogen (secondary N) is 2. The Labute approximate surface area is 173 Å². The number of fused-ring (bicyclic) bond motifs is 1. The zero-order chi connectivity index (χ0) is 21.1. The van der Waals surface area contributed by atoms with E-state index < -0.39 is 12.2 Å². The molecule has 1 atom stereocenters. The number of benzene rings is 2. The molecule has 2 N–H and O–H groups in total. The highest BCUT2D eigenvalue weighted by Crippen LogP contribution is 2.31. The number of rotatable bonds is 7. The second kappa shape index (κ2) is 8.79. The van der Waals surface area contributed by atoms with Gasteiger partial charge in [0, 0.05) is 17.7 Å². The van der Waals surface area contributed by atoms with Gasteiger partial charge in [-0.15, -0.1) is 0 Å². The Bertz CT molecular complexity index is 1030. The molecule has 1 amide bonds. The summed E-state index contributed by atoms with van der Waals surface area (Å²) < 4.78 is 31.2. The second-order valence-corrected chi connectivity index (χ2v) is 7.37. The maximum atomic E-state index is 12.9. The van der Waals surface area contributed by atoms with Crippen LogP contribution in [0.15, 0.2) is 42.5 Å². The van der Waals surface area contributed by atoms with Crippen LogP contribution in [-0.4, -0.2) is 47.5 Å². The molecule has 8 heteroatoms. The highest BCUT2D eigenvalue weighted by Gasteiger charge is 2.26. The molecule has 3 aromatic rings. The van der Waals surface area contributed by atoms with Gasteiger partial charge in [-0.1, -0.05) is 18.2 Å². The van der Waals surface area contributed by atoms with Gasteiger partial charge in [0.15, 0.2) is 5.82 Å². The van der Waals surface area contributed by atoms with Gasteiger partial charge in [-0.2, -0.15) is 0 Å². The summed E-state index contributed by atoms with van der Waals surface area (Å²) in [6, 6.07) is 12.6. The molecule has 158 valence electrons.